The average Bonchev–Trinajstić information content (AvgIpc) is 3.29. The molecule has 6 nitrogen and oxygen atoms in total. The van der Waals surface area contributed by atoms with E-state index in [9.17, 15) is 4.79 Å². The summed E-state index contributed by atoms with van der Waals surface area (Å²) in [5.41, 5.74) is 3.03. The Morgan fingerprint density at radius 1 is 0.871 bits per heavy atom. The van der Waals surface area contributed by atoms with Crippen LogP contribution in [0.25, 0.3) is 17.1 Å². The fraction of sp³-hybridized carbons (Fsp3) is 0.120. The molecule has 0 saturated carbocycles. The Balaban J connectivity index is 1.62. The number of carbonyl (C=O) groups is 1. The first-order chi connectivity index (χ1) is 15.2. The minimum absolute atomic E-state index is 0.234. The fourth-order valence-corrected chi connectivity index (χ4v) is 3.17. The molecule has 6 heteroatoms. The zero-order chi connectivity index (χ0) is 21.6. The minimum Gasteiger partial charge on any atom is -0.497 e. The number of benzene rings is 3. The zero-order valence-corrected chi connectivity index (χ0v) is 17.3. The molecule has 0 aliphatic carbocycles. The molecule has 0 aliphatic rings. The number of ether oxygens (including phenoxy) is 3. The summed E-state index contributed by atoms with van der Waals surface area (Å²) in [7, 11) is 2.96. The Morgan fingerprint density at radius 3 is 2.19 bits per heavy atom. The standard InChI is InChI=1S/C25H22N2O4/c1-29-21-12-8-19(9-13-21)24-26-23(25(28)30-2)16-27(24)20-10-14-22(15-11-20)31-17-18-6-4-3-5-7-18/h3-16H,17H2,1-2H3. The van der Waals surface area contributed by atoms with Gasteiger partial charge >= 0.3 is 5.97 Å². The van der Waals surface area contributed by atoms with Crippen molar-refractivity contribution in [3.05, 3.63) is 96.3 Å². The largest absolute Gasteiger partial charge is 0.497 e. The molecule has 0 unspecified atom stereocenters. The summed E-state index contributed by atoms with van der Waals surface area (Å²) in [6.45, 7) is 0.495. The summed E-state index contributed by atoms with van der Waals surface area (Å²) < 4.78 is 17.8. The quantitative estimate of drug-likeness (QED) is 0.402. The van der Waals surface area contributed by atoms with Crippen molar-refractivity contribution in [2.24, 2.45) is 0 Å². The van der Waals surface area contributed by atoms with Gasteiger partial charge in [0, 0.05) is 17.4 Å². The van der Waals surface area contributed by atoms with Crippen molar-refractivity contribution in [1.82, 2.24) is 9.55 Å². The molecule has 0 spiro atoms. The van der Waals surface area contributed by atoms with Gasteiger partial charge in [-0.15, -0.1) is 0 Å². The van der Waals surface area contributed by atoms with E-state index >= 15 is 0 Å². The Labute approximate surface area is 180 Å². The van der Waals surface area contributed by atoms with Crippen molar-refractivity contribution in [1.29, 1.82) is 0 Å². The lowest BCUT2D eigenvalue weighted by Gasteiger charge is -2.10. The molecule has 1 heterocycles. The summed E-state index contributed by atoms with van der Waals surface area (Å²) >= 11 is 0. The summed E-state index contributed by atoms with van der Waals surface area (Å²) in [5.74, 6) is 1.64. The zero-order valence-electron chi connectivity index (χ0n) is 17.3. The highest BCUT2D eigenvalue weighted by Gasteiger charge is 2.17. The number of hydrogen-bond donors (Lipinski definition) is 0. The lowest BCUT2D eigenvalue weighted by Crippen LogP contribution is -2.01. The van der Waals surface area contributed by atoms with Crippen LogP contribution in [-0.2, 0) is 11.3 Å². The molecule has 0 saturated heterocycles. The number of hydrogen-bond acceptors (Lipinski definition) is 5. The summed E-state index contributed by atoms with van der Waals surface area (Å²) in [6, 6.07) is 25.2. The normalized spacial score (nSPS) is 10.5. The lowest BCUT2D eigenvalue weighted by molar-refractivity contribution is 0.0594. The van der Waals surface area contributed by atoms with E-state index in [1.54, 1.807) is 13.3 Å². The second kappa shape index (κ2) is 9.17. The third-order valence-electron chi connectivity index (χ3n) is 4.81. The fourth-order valence-electron chi connectivity index (χ4n) is 3.17. The van der Waals surface area contributed by atoms with Crippen molar-refractivity contribution < 1.29 is 19.0 Å². The van der Waals surface area contributed by atoms with Gasteiger partial charge in [0.05, 0.1) is 14.2 Å². The summed E-state index contributed by atoms with van der Waals surface area (Å²) in [4.78, 5) is 16.6. The predicted octanol–water partition coefficient (Wildman–Crippen LogP) is 4.91. The van der Waals surface area contributed by atoms with Gasteiger partial charge in [0.2, 0.25) is 0 Å². The van der Waals surface area contributed by atoms with Gasteiger partial charge < -0.3 is 14.2 Å². The van der Waals surface area contributed by atoms with Crippen LogP contribution in [0.15, 0.2) is 85.1 Å². The molecule has 0 bridgehead atoms. The van der Waals surface area contributed by atoms with Crippen molar-refractivity contribution in [3.63, 3.8) is 0 Å². The third-order valence-corrected chi connectivity index (χ3v) is 4.81. The van der Waals surface area contributed by atoms with Crippen LogP contribution >= 0.6 is 0 Å². The molecule has 0 N–H and O–H groups in total. The molecule has 0 amide bonds. The van der Waals surface area contributed by atoms with E-state index in [1.165, 1.54) is 7.11 Å². The molecule has 31 heavy (non-hydrogen) atoms. The Bertz CT molecular complexity index is 1150. The molecular weight excluding hydrogens is 392 g/mol. The first-order valence-corrected chi connectivity index (χ1v) is 9.77. The number of rotatable bonds is 7. The lowest BCUT2D eigenvalue weighted by atomic mass is 10.2. The van der Waals surface area contributed by atoms with Crippen LogP contribution in [0.3, 0.4) is 0 Å². The highest BCUT2D eigenvalue weighted by atomic mass is 16.5. The van der Waals surface area contributed by atoms with E-state index in [2.05, 4.69) is 4.98 Å². The summed E-state index contributed by atoms with van der Waals surface area (Å²) in [6.07, 6.45) is 1.67. The van der Waals surface area contributed by atoms with Crippen molar-refractivity contribution >= 4 is 5.97 Å². The van der Waals surface area contributed by atoms with Gasteiger partial charge in [-0.2, -0.15) is 0 Å². The van der Waals surface area contributed by atoms with Gasteiger partial charge in [-0.1, -0.05) is 30.3 Å². The van der Waals surface area contributed by atoms with Gasteiger partial charge in [-0.25, -0.2) is 9.78 Å². The van der Waals surface area contributed by atoms with Crippen LogP contribution in [0.2, 0.25) is 0 Å². The maximum atomic E-state index is 12.1. The molecule has 0 fully saturated rings. The highest BCUT2D eigenvalue weighted by molar-refractivity contribution is 5.88. The second-order valence-corrected chi connectivity index (χ2v) is 6.81. The van der Waals surface area contributed by atoms with Crippen LogP contribution < -0.4 is 9.47 Å². The Kier molecular flexibility index (Phi) is 5.98. The molecule has 4 aromatic rings. The molecule has 156 valence electrons. The number of carbonyl (C=O) groups excluding carboxylic acids is 1. The number of aromatic nitrogens is 2. The van der Waals surface area contributed by atoms with Crippen LogP contribution in [0.1, 0.15) is 16.1 Å². The van der Waals surface area contributed by atoms with E-state index in [0.717, 1.165) is 28.3 Å². The van der Waals surface area contributed by atoms with Gasteiger partial charge in [0.25, 0.3) is 0 Å². The maximum Gasteiger partial charge on any atom is 0.358 e. The minimum atomic E-state index is -0.490. The number of esters is 1. The van der Waals surface area contributed by atoms with Crippen LogP contribution in [0.5, 0.6) is 11.5 Å². The monoisotopic (exact) mass is 414 g/mol. The van der Waals surface area contributed by atoms with Gasteiger partial charge in [0.1, 0.15) is 23.9 Å². The molecule has 0 atom stereocenters. The molecule has 1 aromatic heterocycles. The maximum absolute atomic E-state index is 12.1. The molecule has 0 radical (unpaired) electrons. The predicted molar refractivity (Wildman–Crippen MR) is 118 cm³/mol. The van der Waals surface area contributed by atoms with E-state index < -0.39 is 5.97 Å². The smallest absolute Gasteiger partial charge is 0.358 e. The van der Waals surface area contributed by atoms with E-state index in [4.69, 9.17) is 14.2 Å². The van der Waals surface area contributed by atoms with Gasteiger partial charge in [-0.05, 0) is 54.1 Å². The molecule has 3 aromatic carbocycles. The van der Waals surface area contributed by atoms with Crippen LogP contribution in [-0.4, -0.2) is 29.7 Å². The average molecular weight is 414 g/mol. The second-order valence-electron chi connectivity index (χ2n) is 6.81. The van der Waals surface area contributed by atoms with Crippen molar-refractivity contribution in [3.8, 4) is 28.6 Å². The summed E-state index contributed by atoms with van der Waals surface area (Å²) in [5, 5.41) is 0. The van der Waals surface area contributed by atoms with E-state index in [-0.39, 0.29) is 5.69 Å². The topological polar surface area (TPSA) is 62.6 Å². The molecule has 0 aliphatic heterocycles. The van der Waals surface area contributed by atoms with Crippen molar-refractivity contribution in [2.45, 2.75) is 6.61 Å². The molecular formula is C25H22N2O4. The van der Waals surface area contributed by atoms with E-state index in [1.807, 2.05) is 83.4 Å². The third kappa shape index (κ3) is 4.59. The highest BCUT2D eigenvalue weighted by Crippen LogP contribution is 2.26. The van der Waals surface area contributed by atoms with Crippen molar-refractivity contribution in [2.75, 3.05) is 14.2 Å². The number of nitrogens with zero attached hydrogens (tertiary/aromatic N) is 2. The van der Waals surface area contributed by atoms with E-state index in [0.29, 0.717) is 12.4 Å². The van der Waals surface area contributed by atoms with Crippen LogP contribution in [0.4, 0.5) is 0 Å². The SMILES string of the molecule is COC(=O)c1cn(-c2ccc(OCc3ccccc3)cc2)c(-c2ccc(OC)cc2)n1. The Hall–Kier alpha value is -4.06. The first-order valence-electron chi connectivity index (χ1n) is 9.77. The Morgan fingerprint density at radius 2 is 1.55 bits per heavy atom. The van der Waals surface area contributed by atoms with Crippen LogP contribution in [0, 0.1) is 0 Å². The number of imidazole rings is 1. The number of methoxy groups -OCH3 is 2. The van der Waals surface area contributed by atoms with Gasteiger partial charge in [0.15, 0.2) is 5.69 Å². The molecule has 4 rings (SSSR count). The van der Waals surface area contributed by atoms with Gasteiger partial charge in [-0.3, -0.25) is 4.57 Å². The first kappa shape index (κ1) is 20.2.